The summed E-state index contributed by atoms with van der Waals surface area (Å²) in [5.41, 5.74) is -0.733. The molecule has 2 saturated heterocycles. The number of amides is 2. The fourth-order valence-electron chi connectivity index (χ4n) is 3.66. The molecule has 2 amide bonds. The van der Waals surface area contributed by atoms with E-state index in [1.807, 2.05) is 4.90 Å². The molecule has 0 aromatic heterocycles. The lowest BCUT2D eigenvalue weighted by Crippen LogP contribution is -2.63. The van der Waals surface area contributed by atoms with E-state index in [1.54, 1.807) is 11.8 Å². The van der Waals surface area contributed by atoms with Crippen LogP contribution in [0.25, 0.3) is 0 Å². The summed E-state index contributed by atoms with van der Waals surface area (Å²) < 4.78 is 0. The third-order valence-electron chi connectivity index (χ3n) is 4.65. The fraction of sp³-hybridized carbons (Fsp3) is 0.857. The zero-order valence-electron chi connectivity index (χ0n) is 11.5. The highest BCUT2D eigenvalue weighted by atomic mass is 16.3. The predicted molar refractivity (Wildman–Crippen MR) is 69.3 cm³/mol. The fourth-order valence-corrected chi connectivity index (χ4v) is 3.66. The van der Waals surface area contributed by atoms with E-state index in [0.29, 0.717) is 32.1 Å². The van der Waals surface area contributed by atoms with Gasteiger partial charge in [-0.05, 0) is 19.8 Å². The van der Waals surface area contributed by atoms with Crippen LogP contribution in [-0.2, 0) is 9.59 Å². The molecule has 1 aliphatic carbocycles. The van der Waals surface area contributed by atoms with E-state index in [0.717, 1.165) is 12.8 Å². The largest absolute Gasteiger partial charge is 0.386 e. The maximum absolute atomic E-state index is 12.3. The second-order valence-corrected chi connectivity index (χ2v) is 6.58. The Morgan fingerprint density at radius 1 is 1.32 bits per heavy atom. The molecule has 0 aromatic carbocycles. The Balaban J connectivity index is 1.58. The third-order valence-corrected chi connectivity index (χ3v) is 4.65. The molecule has 1 unspecified atom stereocenters. The van der Waals surface area contributed by atoms with Crippen LogP contribution in [0.3, 0.4) is 0 Å². The summed E-state index contributed by atoms with van der Waals surface area (Å²) in [5, 5.41) is 9.68. The lowest BCUT2D eigenvalue weighted by molar-refractivity contribution is -0.156. The summed E-state index contributed by atoms with van der Waals surface area (Å²) >= 11 is 0. The van der Waals surface area contributed by atoms with Gasteiger partial charge in [-0.3, -0.25) is 9.59 Å². The number of hydrogen-bond acceptors (Lipinski definition) is 3. The van der Waals surface area contributed by atoms with Crippen LogP contribution in [0.5, 0.6) is 0 Å². The van der Waals surface area contributed by atoms with Crippen molar-refractivity contribution in [3.8, 4) is 0 Å². The van der Waals surface area contributed by atoms with Crippen molar-refractivity contribution < 1.29 is 14.7 Å². The Labute approximate surface area is 113 Å². The van der Waals surface area contributed by atoms with E-state index in [2.05, 4.69) is 0 Å². The van der Waals surface area contributed by atoms with Crippen LogP contribution < -0.4 is 0 Å². The topological polar surface area (TPSA) is 60.9 Å². The molecule has 1 N–H and O–H groups in total. The second-order valence-electron chi connectivity index (χ2n) is 6.58. The summed E-state index contributed by atoms with van der Waals surface area (Å²) in [5.74, 6) is -0.0119. The first-order chi connectivity index (χ1) is 8.96. The molecule has 3 rings (SSSR count). The highest BCUT2D eigenvalue weighted by Gasteiger charge is 2.45. The number of carbonyl (C=O) groups is 2. The first-order valence-corrected chi connectivity index (χ1v) is 7.27. The molecule has 5 nitrogen and oxygen atoms in total. The molecule has 5 heteroatoms. The van der Waals surface area contributed by atoms with Gasteiger partial charge in [0.05, 0.1) is 24.6 Å². The number of β-amino-alcohol motifs (C(OH)–C–C–N with tert-alkyl or cyclic N) is 1. The molecule has 2 aliphatic heterocycles. The first kappa shape index (κ1) is 12.9. The van der Waals surface area contributed by atoms with Gasteiger partial charge in [0.15, 0.2) is 0 Å². The summed E-state index contributed by atoms with van der Waals surface area (Å²) in [7, 11) is 0. The Morgan fingerprint density at radius 3 is 2.53 bits per heavy atom. The van der Waals surface area contributed by atoms with Gasteiger partial charge >= 0.3 is 0 Å². The van der Waals surface area contributed by atoms with E-state index >= 15 is 0 Å². The maximum atomic E-state index is 12.3. The molecule has 0 spiro atoms. The average Bonchev–Trinajstić information content (AvgIpc) is 2.93. The number of likely N-dealkylation sites (tertiary alicyclic amines) is 2. The standard InChI is InChI=1S/C14H22N2O3/c1-14(19)8-15(9-14)13(18)10-6-12(17)16(7-10)11-4-2-3-5-11/h10-11,19H,2-9H2,1H3. The Kier molecular flexibility index (Phi) is 3.04. The molecule has 2 heterocycles. The predicted octanol–water partition coefficient (Wildman–Crippen LogP) is 0.371. The third kappa shape index (κ3) is 2.36. The minimum atomic E-state index is -0.733. The van der Waals surface area contributed by atoms with Gasteiger partial charge in [0.25, 0.3) is 0 Å². The van der Waals surface area contributed by atoms with Crippen molar-refractivity contribution in [3.63, 3.8) is 0 Å². The SMILES string of the molecule is CC1(O)CN(C(=O)C2CC(=O)N(C3CCCC3)C2)C1. The summed E-state index contributed by atoms with van der Waals surface area (Å²) in [6.07, 6.45) is 4.92. The van der Waals surface area contributed by atoms with Crippen LogP contribution in [0.2, 0.25) is 0 Å². The summed E-state index contributed by atoms with van der Waals surface area (Å²) in [6, 6.07) is 0.366. The maximum Gasteiger partial charge on any atom is 0.228 e. The molecule has 1 saturated carbocycles. The van der Waals surface area contributed by atoms with Crippen molar-refractivity contribution >= 4 is 11.8 Å². The Bertz CT molecular complexity index is 393. The lowest BCUT2D eigenvalue weighted by atomic mass is 9.94. The van der Waals surface area contributed by atoms with Crippen molar-refractivity contribution in [3.05, 3.63) is 0 Å². The van der Waals surface area contributed by atoms with Crippen molar-refractivity contribution in [1.29, 1.82) is 0 Å². The number of carbonyl (C=O) groups excluding carboxylic acids is 2. The summed E-state index contributed by atoms with van der Waals surface area (Å²) in [6.45, 7) is 3.13. The van der Waals surface area contributed by atoms with Gasteiger partial charge in [-0.15, -0.1) is 0 Å². The molecular weight excluding hydrogens is 244 g/mol. The molecule has 0 aromatic rings. The lowest BCUT2D eigenvalue weighted by Gasteiger charge is -2.45. The van der Waals surface area contributed by atoms with Crippen LogP contribution in [0.4, 0.5) is 0 Å². The molecule has 19 heavy (non-hydrogen) atoms. The van der Waals surface area contributed by atoms with Crippen LogP contribution in [0, 0.1) is 5.92 Å². The van der Waals surface area contributed by atoms with E-state index < -0.39 is 5.60 Å². The zero-order chi connectivity index (χ0) is 13.6. The monoisotopic (exact) mass is 266 g/mol. The highest BCUT2D eigenvalue weighted by Crippen LogP contribution is 2.31. The van der Waals surface area contributed by atoms with Gasteiger partial charge in [-0.2, -0.15) is 0 Å². The number of hydrogen-bond donors (Lipinski definition) is 1. The second kappa shape index (κ2) is 4.47. The van der Waals surface area contributed by atoms with Crippen LogP contribution in [0.1, 0.15) is 39.0 Å². The van der Waals surface area contributed by atoms with Gasteiger partial charge in [0.2, 0.25) is 11.8 Å². The van der Waals surface area contributed by atoms with E-state index in [9.17, 15) is 14.7 Å². The number of rotatable bonds is 2. The van der Waals surface area contributed by atoms with Gasteiger partial charge in [-0.25, -0.2) is 0 Å². The number of aliphatic hydroxyl groups is 1. The molecular formula is C14H22N2O3. The normalized spacial score (nSPS) is 30.8. The highest BCUT2D eigenvalue weighted by molar-refractivity contribution is 5.90. The van der Waals surface area contributed by atoms with Crippen molar-refractivity contribution in [1.82, 2.24) is 9.80 Å². The Morgan fingerprint density at radius 2 is 1.95 bits per heavy atom. The van der Waals surface area contributed by atoms with Crippen molar-refractivity contribution in [2.45, 2.75) is 50.7 Å². The van der Waals surface area contributed by atoms with E-state index in [4.69, 9.17) is 0 Å². The minimum Gasteiger partial charge on any atom is -0.386 e. The Hall–Kier alpha value is -1.10. The van der Waals surface area contributed by atoms with Gasteiger partial charge < -0.3 is 14.9 Å². The van der Waals surface area contributed by atoms with Crippen molar-refractivity contribution in [2.24, 2.45) is 5.92 Å². The van der Waals surface area contributed by atoms with Gasteiger partial charge in [0.1, 0.15) is 0 Å². The van der Waals surface area contributed by atoms with E-state index in [1.165, 1.54) is 12.8 Å². The first-order valence-electron chi connectivity index (χ1n) is 7.27. The smallest absolute Gasteiger partial charge is 0.228 e. The van der Waals surface area contributed by atoms with Crippen LogP contribution >= 0.6 is 0 Å². The number of nitrogens with zero attached hydrogens (tertiary/aromatic N) is 2. The molecule has 106 valence electrons. The molecule has 1 atom stereocenters. The molecule has 0 radical (unpaired) electrons. The van der Waals surface area contributed by atoms with Crippen LogP contribution in [0.15, 0.2) is 0 Å². The quantitative estimate of drug-likeness (QED) is 0.785. The van der Waals surface area contributed by atoms with Crippen LogP contribution in [-0.4, -0.2) is 58.0 Å². The zero-order valence-corrected chi connectivity index (χ0v) is 11.5. The van der Waals surface area contributed by atoms with Gasteiger partial charge in [0, 0.05) is 19.0 Å². The minimum absolute atomic E-state index is 0.0420. The molecule has 3 fully saturated rings. The van der Waals surface area contributed by atoms with Crippen molar-refractivity contribution in [2.75, 3.05) is 19.6 Å². The molecule has 0 bridgehead atoms. The summed E-state index contributed by atoms with van der Waals surface area (Å²) in [4.78, 5) is 27.9. The van der Waals surface area contributed by atoms with E-state index in [-0.39, 0.29) is 17.7 Å². The average molecular weight is 266 g/mol. The van der Waals surface area contributed by atoms with Gasteiger partial charge in [-0.1, -0.05) is 12.8 Å². The molecule has 3 aliphatic rings.